The van der Waals surface area contributed by atoms with Crippen LogP contribution in [-0.4, -0.2) is 26.8 Å². The molecule has 2 heterocycles. The van der Waals surface area contributed by atoms with Gasteiger partial charge in [0.1, 0.15) is 5.65 Å². The second-order valence-corrected chi connectivity index (χ2v) is 6.45. The molecule has 1 saturated carbocycles. The van der Waals surface area contributed by atoms with Gasteiger partial charge in [-0.1, -0.05) is 12.1 Å². The first-order valence-electron chi connectivity index (χ1n) is 8.53. The summed E-state index contributed by atoms with van der Waals surface area (Å²) in [5.41, 5.74) is -1.39. The molecule has 2 N–H and O–H groups in total. The standard InChI is InChI=1S/C18H13F3N4O4/c19-18(20,21)29-13-4-2-1-3-12(13)23-15(26)9-7-11-14(22-8-9)25(10-5-6-10)17(28)24-16(11)27/h1-4,7-8,10H,5-6H2,(H,23,26)(H,24,27,28). The van der Waals surface area contributed by atoms with Crippen LogP contribution in [0.2, 0.25) is 0 Å². The third kappa shape index (κ3) is 3.84. The molecule has 1 aliphatic rings. The largest absolute Gasteiger partial charge is 0.573 e. The summed E-state index contributed by atoms with van der Waals surface area (Å²) in [5.74, 6) is -1.37. The molecule has 150 valence electrons. The maximum Gasteiger partial charge on any atom is 0.573 e. The number of rotatable bonds is 4. The molecule has 0 atom stereocenters. The lowest BCUT2D eigenvalue weighted by molar-refractivity contribution is -0.274. The number of ether oxygens (including phenoxy) is 1. The summed E-state index contributed by atoms with van der Waals surface area (Å²) in [7, 11) is 0. The quantitative estimate of drug-likeness (QED) is 0.693. The van der Waals surface area contributed by atoms with Crippen molar-refractivity contribution >= 4 is 22.6 Å². The average Bonchev–Trinajstić information content (AvgIpc) is 3.47. The van der Waals surface area contributed by atoms with Gasteiger partial charge in [-0.15, -0.1) is 13.2 Å². The van der Waals surface area contributed by atoms with Crippen molar-refractivity contribution in [3.8, 4) is 5.75 Å². The molecule has 0 aliphatic heterocycles. The van der Waals surface area contributed by atoms with Crippen LogP contribution in [0.25, 0.3) is 11.0 Å². The van der Waals surface area contributed by atoms with E-state index in [1.807, 2.05) is 0 Å². The Morgan fingerprint density at radius 3 is 2.66 bits per heavy atom. The van der Waals surface area contributed by atoms with Crippen LogP contribution in [0.15, 0.2) is 46.1 Å². The molecule has 0 saturated heterocycles. The van der Waals surface area contributed by atoms with Crippen LogP contribution < -0.4 is 21.3 Å². The lowest BCUT2D eigenvalue weighted by Gasteiger charge is -2.14. The molecule has 0 bridgehead atoms. The van der Waals surface area contributed by atoms with Crippen molar-refractivity contribution < 1.29 is 22.7 Å². The Bertz CT molecular complexity index is 1230. The highest BCUT2D eigenvalue weighted by atomic mass is 19.4. The predicted molar refractivity (Wildman–Crippen MR) is 96.0 cm³/mol. The minimum absolute atomic E-state index is 0.0315. The number of aromatic amines is 1. The topological polar surface area (TPSA) is 106 Å². The van der Waals surface area contributed by atoms with E-state index in [0.29, 0.717) is 0 Å². The third-order valence-electron chi connectivity index (χ3n) is 4.31. The molecule has 1 fully saturated rings. The third-order valence-corrected chi connectivity index (χ3v) is 4.31. The number of H-pyrrole nitrogens is 1. The van der Waals surface area contributed by atoms with E-state index in [4.69, 9.17) is 0 Å². The maximum absolute atomic E-state index is 12.5. The van der Waals surface area contributed by atoms with Crippen LogP contribution in [-0.2, 0) is 0 Å². The van der Waals surface area contributed by atoms with Gasteiger partial charge in [0.15, 0.2) is 5.75 Å². The summed E-state index contributed by atoms with van der Waals surface area (Å²) < 4.78 is 42.9. The minimum Gasteiger partial charge on any atom is -0.404 e. The molecule has 29 heavy (non-hydrogen) atoms. The summed E-state index contributed by atoms with van der Waals surface area (Å²) in [5, 5.41) is 2.34. The predicted octanol–water partition coefficient (Wildman–Crippen LogP) is 2.57. The molecule has 0 unspecified atom stereocenters. The number of anilines is 1. The smallest absolute Gasteiger partial charge is 0.404 e. The number of para-hydroxylation sites is 2. The molecule has 1 amide bonds. The molecule has 3 aromatic rings. The number of nitrogens with zero attached hydrogens (tertiary/aromatic N) is 2. The van der Waals surface area contributed by atoms with Gasteiger partial charge in [-0.2, -0.15) is 0 Å². The fourth-order valence-corrected chi connectivity index (χ4v) is 2.91. The summed E-state index contributed by atoms with van der Waals surface area (Å²) in [6, 6.07) is 6.23. The molecule has 4 rings (SSSR count). The van der Waals surface area contributed by atoms with E-state index in [9.17, 15) is 27.6 Å². The molecular weight excluding hydrogens is 393 g/mol. The summed E-state index contributed by atoms with van der Waals surface area (Å²) in [4.78, 5) is 43.0. The van der Waals surface area contributed by atoms with Crippen molar-refractivity contribution in [2.24, 2.45) is 0 Å². The number of carbonyl (C=O) groups is 1. The highest BCUT2D eigenvalue weighted by Crippen LogP contribution is 2.35. The fourth-order valence-electron chi connectivity index (χ4n) is 2.91. The minimum atomic E-state index is -4.93. The fraction of sp³-hybridized carbons (Fsp3) is 0.222. The molecule has 2 aromatic heterocycles. The summed E-state index contributed by atoms with van der Waals surface area (Å²) >= 11 is 0. The van der Waals surface area contributed by atoms with Crippen LogP contribution >= 0.6 is 0 Å². The molecule has 1 aliphatic carbocycles. The molecule has 0 radical (unpaired) electrons. The van der Waals surface area contributed by atoms with Crippen LogP contribution in [0.3, 0.4) is 0 Å². The number of benzene rings is 1. The normalized spacial score (nSPS) is 14.0. The van der Waals surface area contributed by atoms with E-state index in [-0.39, 0.29) is 28.3 Å². The van der Waals surface area contributed by atoms with Gasteiger partial charge in [0.25, 0.3) is 11.5 Å². The van der Waals surface area contributed by atoms with E-state index in [2.05, 4.69) is 20.0 Å². The van der Waals surface area contributed by atoms with Gasteiger partial charge >= 0.3 is 12.1 Å². The van der Waals surface area contributed by atoms with Crippen molar-refractivity contribution in [1.29, 1.82) is 0 Å². The second kappa shape index (κ2) is 6.76. The van der Waals surface area contributed by atoms with Gasteiger partial charge in [0.2, 0.25) is 0 Å². The van der Waals surface area contributed by atoms with Gasteiger partial charge in [-0.3, -0.25) is 19.1 Å². The van der Waals surface area contributed by atoms with Crippen molar-refractivity contribution in [2.45, 2.75) is 25.2 Å². The lowest BCUT2D eigenvalue weighted by atomic mass is 10.2. The Labute approximate surface area is 160 Å². The van der Waals surface area contributed by atoms with E-state index in [1.165, 1.54) is 28.8 Å². The van der Waals surface area contributed by atoms with E-state index < -0.39 is 29.3 Å². The zero-order valence-corrected chi connectivity index (χ0v) is 14.6. The molecule has 11 heteroatoms. The van der Waals surface area contributed by atoms with Gasteiger partial charge in [0, 0.05) is 12.2 Å². The second-order valence-electron chi connectivity index (χ2n) is 6.45. The SMILES string of the molecule is O=C(Nc1ccccc1OC(F)(F)F)c1cnc2c(c1)c(=O)[nH]c(=O)n2C1CC1. The van der Waals surface area contributed by atoms with Crippen LogP contribution in [0.5, 0.6) is 5.75 Å². The van der Waals surface area contributed by atoms with Crippen molar-refractivity contribution in [2.75, 3.05) is 5.32 Å². The first-order valence-corrected chi connectivity index (χ1v) is 8.53. The van der Waals surface area contributed by atoms with Crippen LogP contribution in [0.1, 0.15) is 29.2 Å². The van der Waals surface area contributed by atoms with E-state index in [1.54, 1.807) is 0 Å². The Kier molecular flexibility index (Phi) is 4.36. The van der Waals surface area contributed by atoms with Crippen LogP contribution in [0.4, 0.5) is 18.9 Å². The van der Waals surface area contributed by atoms with Gasteiger partial charge < -0.3 is 10.1 Å². The number of aromatic nitrogens is 3. The van der Waals surface area contributed by atoms with E-state index >= 15 is 0 Å². The van der Waals surface area contributed by atoms with Gasteiger partial charge in [-0.25, -0.2) is 9.78 Å². The Morgan fingerprint density at radius 2 is 1.97 bits per heavy atom. The monoisotopic (exact) mass is 406 g/mol. The van der Waals surface area contributed by atoms with Gasteiger partial charge in [-0.05, 0) is 31.0 Å². The van der Waals surface area contributed by atoms with Crippen LogP contribution in [0, 0.1) is 0 Å². The Morgan fingerprint density at radius 1 is 1.24 bits per heavy atom. The summed E-state index contributed by atoms with van der Waals surface area (Å²) in [6.45, 7) is 0. The lowest BCUT2D eigenvalue weighted by Crippen LogP contribution is -2.30. The molecule has 8 nitrogen and oxygen atoms in total. The number of nitrogens with one attached hydrogen (secondary N) is 2. The molecule has 0 spiro atoms. The van der Waals surface area contributed by atoms with Crippen molar-refractivity contribution in [3.05, 3.63) is 62.9 Å². The zero-order valence-electron chi connectivity index (χ0n) is 14.6. The average molecular weight is 406 g/mol. The van der Waals surface area contributed by atoms with Crippen molar-refractivity contribution in [1.82, 2.24) is 14.5 Å². The number of hydrogen-bond acceptors (Lipinski definition) is 5. The van der Waals surface area contributed by atoms with Gasteiger partial charge in [0.05, 0.1) is 16.6 Å². The van der Waals surface area contributed by atoms with E-state index in [0.717, 1.165) is 25.1 Å². The number of fused-ring (bicyclic) bond motifs is 1. The number of amides is 1. The maximum atomic E-state index is 12.5. The first-order chi connectivity index (χ1) is 13.7. The van der Waals surface area contributed by atoms with Crippen molar-refractivity contribution in [3.63, 3.8) is 0 Å². The Balaban J connectivity index is 1.69. The molecule has 1 aromatic carbocycles. The summed E-state index contributed by atoms with van der Waals surface area (Å²) in [6.07, 6.45) is -2.21. The zero-order chi connectivity index (χ0) is 20.8. The Hall–Kier alpha value is -3.63. The first kappa shape index (κ1) is 18.7. The number of alkyl halides is 3. The number of carbonyl (C=O) groups excluding carboxylic acids is 1. The number of hydrogen-bond donors (Lipinski definition) is 2. The number of pyridine rings is 1. The molecular formula is C18H13F3N4O4. The number of halogens is 3. The highest BCUT2D eigenvalue weighted by Gasteiger charge is 2.32. The highest BCUT2D eigenvalue weighted by molar-refractivity contribution is 6.06.